The van der Waals surface area contributed by atoms with Gasteiger partial charge in [-0.05, 0) is 34.9 Å². The molecule has 1 aromatic carbocycles. The van der Waals surface area contributed by atoms with E-state index in [0.29, 0.717) is 24.3 Å². The van der Waals surface area contributed by atoms with E-state index in [1.807, 2.05) is 30.3 Å². The van der Waals surface area contributed by atoms with E-state index in [9.17, 15) is 13.2 Å². The molecule has 2 heterocycles. The van der Waals surface area contributed by atoms with E-state index in [-0.39, 0.29) is 24.7 Å². The summed E-state index contributed by atoms with van der Waals surface area (Å²) < 4.78 is 28.3. The molecule has 0 unspecified atom stereocenters. The Hall–Kier alpha value is -2.24. The molecular formula is C18H22N6O3S2. The summed E-state index contributed by atoms with van der Waals surface area (Å²) in [5.41, 5.74) is 0.829. The molecule has 4 rings (SSSR count). The number of amides is 1. The summed E-state index contributed by atoms with van der Waals surface area (Å²) in [7, 11) is -3.51. The third-order valence-corrected chi connectivity index (χ3v) is 7.35. The van der Waals surface area contributed by atoms with E-state index in [1.54, 1.807) is 15.7 Å². The van der Waals surface area contributed by atoms with Crippen LogP contribution < -0.4 is 0 Å². The van der Waals surface area contributed by atoms with Crippen molar-refractivity contribution in [1.82, 2.24) is 29.4 Å². The fourth-order valence-electron chi connectivity index (χ4n) is 3.05. The topological polar surface area (TPSA) is 101 Å². The van der Waals surface area contributed by atoms with Crippen LogP contribution in [0.15, 0.2) is 40.9 Å². The largest absolute Gasteiger partial charge is 0.339 e. The molecule has 1 saturated heterocycles. The van der Waals surface area contributed by atoms with E-state index in [4.69, 9.17) is 0 Å². The predicted octanol–water partition coefficient (Wildman–Crippen LogP) is 1.24. The number of rotatable bonds is 7. The molecule has 2 fully saturated rings. The Kier molecular flexibility index (Phi) is 5.97. The number of carbonyl (C=O) groups is 1. The number of carbonyl (C=O) groups excluding carboxylic acids is 1. The Balaban J connectivity index is 1.27. The fraction of sp³-hybridized carbons (Fsp3) is 0.444. The van der Waals surface area contributed by atoms with Crippen LogP contribution in [-0.4, -0.2) is 75.7 Å². The summed E-state index contributed by atoms with van der Waals surface area (Å²) in [5.74, 6) is 0.213. The van der Waals surface area contributed by atoms with Crippen molar-refractivity contribution in [3.05, 3.63) is 41.3 Å². The molecule has 29 heavy (non-hydrogen) atoms. The molecule has 0 atom stereocenters. The van der Waals surface area contributed by atoms with Gasteiger partial charge in [-0.2, -0.15) is 4.31 Å². The van der Waals surface area contributed by atoms with Crippen LogP contribution >= 0.6 is 11.8 Å². The van der Waals surface area contributed by atoms with Gasteiger partial charge in [0.25, 0.3) is 0 Å². The highest BCUT2D eigenvalue weighted by atomic mass is 32.2. The number of benzene rings is 1. The summed E-state index contributed by atoms with van der Waals surface area (Å²) >= 11 is 1.33. The monoisotopic (exact) mass is 434 g/mol. The Labute approximate surface area is 173 Å². The first kappa shape index (κ1) is 20.0. The van der Waals surface area contributed by atoms with Crippen molar-refractivity contribution >= 4 is 33.8 Å². The van der Waals surface area contributed by atoms with Gasteiger partial charge in [-0.3, -0.25) is 4.79 Å². The highest BCUT2D eigenvalue weighted by molar-refractivity contribution is 7.99. The van der Waals surface area contributed by atoms with Crippen molar-refractivity contribution in [3.63, 3.8) is 0 Å². The van der Waals surface area contributed by atoms with E-state index >= 15 is 0 Å². The normalized spacial score (nSPS) is 18.4. The maximum atomic E-state index is 12.5. The summed E-state index contributed by atoms with van der Waals surface area (Å²) in [4.78, 5) is 14.2. The van der Waals surface area contributed by atoms with Crippen molar-refractivity contribution in [3.8, 4) is 0 Å². The van der Waals surface area contributed by atoms with E-state index < -0.39 is 10.0 Å². The van der Waals surface area contributed by atoms with Crippen LogP contribution in [0.25, 0.3) is 6.08 Å². The highest BCUT2D eigenvalue weighted by Gasteiger charge is 2.30. The second kappa shape index (κ2) is 8.64. The maximum absolute atomic E-state index is 12.5. The van der Waals surface area contributed by atoms with Crippen molar-refractivity contribution in [2.24, 2.45) is 0 Å². The van der Waals surface area contributed by atoms with Crippen molar-refractivity contribution in [2.45, 2.75) is 24.0 Å². The van der Waals surface area contributed by atoms with E-state index in [0.717, 1.165) is 18.4 Å². The second-order valence-corrected chi connectivity index (χ2v) is 9.73. The van der Waals surface area contributed by atoms with Crippen LogP contribution in [0.2, 0.25) is 0 Å². The number of hydrogen-bond acceptors (Lipinski definition) is 7. The van der Waals surface area contributed by atoms with Crippen LogP contribution in [0.5, 0.6) is 0 Å². The quantitative estimate of drug-likeness (QED) is 0.604. The van der Waals surface area contributed by atoms with Gasteiger partial charge in [0, 0.05) is 31.6 Å². The third kappa shape index (κ3) is 5.03. The molecule has 0 spiro atoms. The minimum absolute atomic E-state index is 0.0303. The molecule has 1 saturated carbocycles. The van der Waals surface area contributed by atoms with Gasteiger partial charge in [-0.1, -0.05) is 42.1 Å². The molecule has 0 N–H and O–H groups in total. The number of nitrogens with zero attached hydrogens (tertiary/aromatic N) is 6. The zero-order valence-electron chi connectivity index (χ0n) is 15.8. The van der Waals surface area contributed by atoms with Crippen LogP contribution in [0, 0.1) is 0 Å². The summed E-state index contributed by atoms with van der Waals surface area (Å²) in [5, 5.41) is 13.5. The van der Waals surface area contributed by atoms with Crippen LogP contribution in [0.1, 0.15) is 24.4 Å². The molecule has 2 aliphatic rings. The van der Waals surface area contributed by atoms with Gasteiger partial charge in [-0.15, -0.1) is 5.10 Å². The zero-order valence-corrected chi connectivity index (χ0v) is 17.4. The van der Waals surface area contributed by atoms with Gasteiger partial charge >= 0.3 is 0 Å². The SMILES string of the molecule is O=C(CSc1nnnn1C1CC1)N1CCN(S(=O)(=O)/C=C/c2ccccc2)CC1. The zero-order chi connectivity index (χ0) is 20.3. The lowest BCUT2D eigenvalue weighted by atomic mass is 10.2. The number of aromatic nitrogens is 4. The maximum Gasteiger partial charge on any atom is 0.236 e. The van der Waals surface area contributed by atoms with Gasteiger partial charge in [0.1, 0.15) is 0 Å². The molecule has 0 radical (unpaired) electrons. The van der Waals surface area contributed by atoms with E-state index in [1.165, 1.54) is 21.5 Å². The predicted molar refractivity (Wildman–Crippen MR) is 109 cm³/mol. The first-order valence-electron chi connectivity index (χ1n) is 9.45. The summed E-state index contributed by atoms with van der Waals surface area (Å²) in [6.07, 6.45) is 3.73. The molecule has 1 amide bonds. The van der Waals surface area contributed by atoms with Gasteiger partial charge in [0.2, 0.25) is 21.1 Å². The Morgan fingerprint density at radius 3 is 2.55 bits per heavy atom. The van der Waals surface area contributed by atoms with Crippen molar-refractivity contribution in [1.29, 1.82) is 0 Å². The van der Waals surface area contributed by atoms with Gasteiger partial charge in [0.05, 0.1) is 11.8 Å². The number of hydrogen-bond donors (Lipinski definition) is 0. The lowest BCUT2D eigenvalue weighted by Crippen LogP contribution is -2.50. The lowest BCUT2D eigenvalue weighted by molar-refractivity contribution is -0.129. The summed E-state index contributed by atoms with van der Waals surface area (Å²) in [6, 6.07) is 9.66. The first-order valence-corrected chi connectivity index (χ1v) is 11.9. The van der Waals surface area contributed by atoms with E-state index in [2.05, 4.69) is 15.5 Å². The lowest BCUT2D eigenvalue weighted by Gasteiger charge is -2.33. The molecule has 9 nitrogen and oxygen atoms in total. The molecule has 1 aromatic heterocycles. The minimum Gasteiger partial charge on any atom is -0.339 e. The van der Waals surface area contributed by atoms with Crippen molar-refractivity contribution in [2.75, 3.05) is 31.9 Å². The summed E-state index contributed by atoms with van der Waals surface area (Å²) in [6.45, 7) is 1.34. The third-order valence-electron chi connectivity index (χ3n) is 4.86. The van der Waals surface area contributed by atoms with Gasteiger partial charge < -0.3 is 4.90 Å². The number of tetrazole rings is 1. The van der Waals surface area contributed by atoms with Gasteiger partial charge in [-0.25, -0.2) is 13.1 Å². The average molecular weight is 435 g/mol. The van der Waals surface area contributed by atoms with Crippen LogP contribution in [0.3, 0.4) is 0 Å². The van der Waals surface area contributed by atoms with Gasteiger partial charge in [0.15, 0.2) is 0 Å². The Morgan fingerprint density at radius 1 is 1.14 bits per heavy atom. The smallest absolute Gasteiger partial charge is 0.236 e. The minimum atomic E-state index is -3.51. The Morgan fingerprint density at radius 2 is 1.86 bits per heavy atom. The molecular weight excluding hydrogens is 412 g/mol. The van der Waals surface area contributed by atoms with Crippen LogP contribution in [-0.2, 0) is 14.8 Å². The number of sulfonamides is 1. The Bertz CT molecular complexity index is 980. The number of piperazine rings is 1. The average Bonchev–Trinajstić information content (AvgIpc) is 3.49. The fourth-order valence-corrected chi connectivity index (χ4v) is 5.07. The highest BCUT2D eigenvalue weighted by Crippen LogP contribution is 2.36. The molecule has 0 bridgehead atoms. The number of thioether (sulfide) groups is 1. The standard InChI is InChI=1S/C18H22N6O3S2/c25-17(14-28-18-19-20-21-24(18)16-6-7-16)22-9-11-23(12-10-22)29(26,27)13-8-15-4-2-1-3-5-15/h1-5,8,13,16H,6-7,9-12,14H2/b13-8+. The van der Waals surface area contributed by atoms with Crippen molar-refractivity contribution < 1.29 is 13.2 Å². The molecule has 1 aliphatic heterocycles. The molecule has 1 aliphatic carbocycles. The molecule has 11 heteroatoms. The van der Waals surface area contributed by atoms with Crippen LogP contribution in [0.4, 0.5) is 0 Å². The first-order chi connectivity index (χ1) is 14.0. The second-order valence-electron chi connectivity index (χ2n) is 6.96. The molecule has 2 aromatic rings. The molecule has 154 valence electrons.